The van der Waals surface area contributed by atoms with E-state index in [1.165, 1.54) is 23.1 Å². The summed E-state index contributed by atoms with van der Waals surface area (Å²) in [6.07, 6.45) is -4.11. The number of carbonyl (C=O) groups excluding carboxylic acids is 1. The van der Waals surface area contributed by atoms with Crippen LogP contribution in [0.3, 0.4) is 0 Å². The van der Waals surface area contributed by atoms with Crippen molar-refractivity contribution in [2.24, 2.45) is 0 Å². The lowest BCUT2D eigenvalue weighted by molar-refractivity contribution is -0.274. The molecular formula is C14H17F3N2O2. The number of carbonyl (C=O) groups is 1. The van der Waals surface area contributed by atoms with Crippen LogP contribution in [-0.2, 0) is 4.79 Å². The van der Waals surface area contributed by atoms with Gasteiger partial charge in [0.15, 0.2) is 0 Å². The fourth-order valence-corrected chi connectivity index (χ4v) is 2.34. The highest BCUT2D eigenvalue weighted by atomic mass is 19.4. The molecule has 0 spiro atoms. The van der Waals surface area contributed by atoms with Gasteiger partial charge in [0, 0.05) is 24.3 Å². The van der Waals surface area contributed by atoms with Crippen molar-refractivity contribution < 1.29 is 22.7 Å². The van der Waals surface area contributed by atoms with E-state index < -0.39 is 6.36 Å². The molecule has 2 rings (SSSR count). The third kappa shape index (κ3) is 4.10. The maximum absolute atomic E-state index is 12.2. The minimum atomic E-state index is -4.74. The Kier molecular flexibility index (Phi) is 4.41. The molecule has 1 aliphatic heterocycles. The van der Waals surface area contributed by atoms with Crippen molar-refractivity contribution in [3.05, 3.63) is 24.3 Å². The summed E-state index contributed by atoms with van der Waals surface area (Å²) in [6.45, 7) is 4.35. The van der Waals surface area contributed by atoms with E-state index >= 15 is 0 Å². The monoisotopic (exact) mass is 302 g/mol. The number of amides is 1. The van der Waals surface area contributed by atoms with E-state index in [0.717, 1.165) is 0 Å². The van der Waals surface area contributed by atoms with Crippen molar-refractivity contribution in [3.63, 3.8) is 0 Å². The second-order valence-corrected chi connectivity index (χ2v) is 5.20. The maximum atomic E-state index is 12.2. The van der Waals surface area contributed by atoms with Crippen LogP contribution in [0.25, 0.3) is 0 Å². The molecule has 0 radical (unpaired) electrons. The Morgan fingerprint density at radius 1 is 1.38 bits per heavy atom. The fourth-order valence-electron chi connectivity index (χ4n) is 2.34. The lowest BCUT2D eigenvalue weighted by atomic mass is 10.2. The molecule has 1 amide bonds. The van der Waals surface area contributed by atoms with E-state index in [9.17, 15) is 18.0 Å². The minimum Gasteiger partial charge on any atom is -0.406 e. The zero-order chi connectivity index (χ0) is 15.6. The van der Waals surface area contributed by atoms with E-state index in [-0.39, 0.29) is 23.7 Å². The third-order valence-corrected chi connectivity index (χ3v) is 3.10. The summed E-state index contributed by atoms with van der Waals surface area (Å²) in [4.78, 5) is 13.7. The predicted molar refractivity (Wildman–Crippen MR) is 72.2 cm³/mol. The molecule has 1 aromatic carbocycles. The van der Waals surface area contributed by atoms with Gasteiger partial charge in [0.2, 0.25) is 5.91 Å². The molecule has 1 atom stereocenters. The Morgan fingerprint density at radius 3 is 2.71 bits per heavy atom. The van der Waals surface area contributed by atoms with Crippen molar-refractivity contribution >= 4 is 11.6 Å². The number of alkyl halides is 3. The highest BCUT2D eigenvalue weighted by molar-refractivity contribution is 5.99. The van der Waals surface area contributed by atoms with E-state index in [1.54, 1.807) is 6.07 Å². The summed E-state index contributed by atoms with van der Waals surface area (Å²) in [6, 6.07) is 5.34. The summed E-state index contributed by atoms with van der Waals surface area (Å²) < 4.78 is 40.5. The normalized spacial score (nSPS) is 19.4. The van der Waals surface area contributed by atoms with Crippen molar-refractivity contribution in [2.75, 3.05) is 11.4 Å². The molecule has 1 aromatic rings. The smallest absolute Gasteiger partial charge is 0.406 e. The Labute approximate surface area is 120 Å². The highest BCUT2D eigenvalue weighted by Gasteiger charge is 2.34. The van der Waals surface area contributed by atoms with E-state index in [0.29, 0.717) is 18.7 Å². The molecule has 7 heteroatoms. The average molecular weight is 302 g/mol. The molecule has 116 valence electrons. The summed E-state index contributed by atoms with van der Waals surface area (Å²) in [5.74, 6) is -0.457. The van der Waals surface area contributed by atoms with Gasteiger partial charge < -0.3 is 15.0 Å². The first-order chi connectivity index (χ1) is 9.76. The van der Waals surface area contributed by atoms with Gasteiger partial charge in [-0.05, 0) is 18.6 Å². The van der Waals surface area contributed by atoms with Crippen LogP contribution < -0.4 is 15.0 Å². The number of nitrogens with one attached hydrogen (secondary N) is 1. The Bertz CT molecular complexity index is 517. The summed E-state index contributed by atoms with van der Waals surface area (Å²) in [5, 5.41) is 3.14. The molecule has 4 nitrogen and oxygen atoms in total. The van der Waals surface area contributed by atoms with Gasteiger partial charge in [-0.25, -0.2) is 0 Å². The quantitative estimate of drug-likeness (QED) is 0.930. The second kappa shape index (κ2) is 5.93. The molecule has 1 unspecified atom stereocenters. The van der Waals surface area contributed by atoms with Crippen LogP contribution in [0, 0.1) is 0 Å². The van der Waals surface area contributed by atoms with Crippen LogP contribution in [0.4, 0.5) is 18.9 Å². The lowest BCUT2D eigenvalue weighted by Gasteiger charge is -2.19. The molecule has 0 bridgehead atoms. The summed E-state index contributed by atoms with van der Waals surface area (Å²) in [7, 11) is 0. The molecule has 0 saturated carbocycles. The second-order valence-electron chi connectivity index (χ2n) is 5.20. The van der Waals surface area contributed by atoms with Gasteiger partial charge in [-0.1, -0.05) is 19.9 Å². The first-order valence-corrected chi connectivity index (χ1v) is 6.69. The first kappa shape index (κ1) is 15.6. The average Bonchev–Trinajstić information content (AvgIpc) is 2.68. The van der Waals surface area contributed by atoms with Crippen LogP contribution in [0.1, 0.15) is 20.3 Å². The van der Waals surface area contributed by atoms with Crippen molar-refractivity contribution in [2.45, 2.75) is 38.7 Å². The minimum absolute atomic E-state index is 0.132. The molecule has 1 heterocycles. The van der Waals surface area contributed by atoms with Gasteiger partial charge in [-0.3, -0.25) is 4.79 Å². The number of benzene rings is 1. The summed E-state index contributed by atoms with van der Waals surface area (Å²) >= 11 is 0. The largest absolute Gasteiger partial charge is 0.573 e. The zero-order valence-electron chi connectivity index (χ0n) is 11.8. The molecule has 1 aliphatic rings. The molecule has 0 aromatic heterocycles. The number of halogens is 3. The highest BCUT2D eigenvalue weighted by Crippen LogP contribution is 2.29. The van der Waals surface area contributed by atoms with Gasteiger partial charge in [-0.15, -0.1) is 13.2 Å². The number of hydrogen-bond donors (Lipinski definition) is 1. The lowest BCUT2D eigenvalue weighted by Crippen LogP contribution is -2.41. The summed E-state index contributed by atoms with van der Waals surface area (Å²) in [5.41, 5.74) is 0.412. The molecule has 1 fully saturated rings. The zero-order valence-corrected chi connectivity index (χ0v) is 11.8. The van der Waals surface area contributed by atoms with Crippen molar-refractivity contribution in [1.29, 1.82) is 0 Å². The Balaban J connectivity index is 2.12. The standard InChI is InChI=1S/C14H17F3N2O2/c1-9(2)18-12-6-7-19(13(12)20)10-4-3-5-11(8-10)21-14(15,16)17/h3-5,8-9,12,18H,6-7H2,1-2H3. The molecule has 1 N–H and O–H groups in total. The molecule has 0 aliphatic carbocycles. The van der Waals surface area contributed by atoms with Crippen LogP contribution in [0.15, 0.2) is 24.3 Å². The fraction of sp³-hybridized carbons (Fsp3) is 0.500. The van der Waals surface area contributed by atoms with Gasteiger partial charge >= 0.3 is 6.36 Å². The van der Waals surface area contributed by atoms with Gasteiger partial charge in [-0.2, -0.15) is 0 Å². The van der Waals surface area contributed by atoms with E-state index in [4.69, 9.17) is 0 Å². The number of nitrogens with zero attached hydrogens (tertiary/aromatic N) is 1. The van der Waals surface area contributed by atoms with Crippen LogP contribution in [-0.4, -0.2) is 30.9 Å². The SMILES string of the molecule is CC(C)NC1CCN(c2cccc(OC(F)(F)F)c2)C1=O. The predicted octanol–water partition coefficient (Wildman–Crippen LogP) is 2.69. The number of anilines is 1. The van der Waals surface area contributed by atoms with Gasteiger partial charge in [0.1, 0.15) is 5.75 Å². The first-order valence-electron chi connectivity index (χ1n) is 6.69. The van der Waals surface area contributed by atoms with Gasteiger partial charge in [0.25, 0.3) is 0 Å². The molecule has 21 heavy (non-hydrogen) atoms. The number of ether oxygens (including phenoxy) is 1. The number of hydrogen-bond acceptors (Lipinski definition) is 3. The van der Waals surface area contributed by atoms with Crippen LogP contribution in [0.2, 0.25) is 0 Å². The Hall–Kier alpha value is -1.76. The molecule has 1 saturated heterocycles. The van der Waals surface area contributed by atoms with Crippen LogP contribution in [0.5, 0.6) is 5.75 Å². The van der Waals surface area contributed by atoms with Gasteiger partial charge in [0.05, 0.1) is 6.04 Å². The van der Waals surface area contributed by atoms with Crippen molar-refractivity contribution in [3.8, 4) is 5.75 Å². The number of rotatable bonds is 4. The van der Waals surface area contributed by atoms with E-state index in [2.05, 4.69) is 10.1 Å². The topological polar surface area (TPSA) is 41.6 Å². The van der Waals surface area contributed by atoms with Crippen molar-refractivity contribution in [1.82, 2.24) is 5.32 Å². The Morgan fingerprint density at radius 2 is 2.10 bits per heavy atom. The molecular weight excluding hydrogens is 285 g/mol. The van der Waals surface area contributed by atoms with E-state index in [1.807, 2.05) is 13.8 Å². The maximum Gasteiger partial charge on any atom is 0.573 e. The van der Waals surface area contributed by atoms with Crippen LogP contribution >= 0.6 is 0 Å². The third-order valence-electron chi connectivity index (χ3n) is 3.10.